The zero-order valence-electron chi connectivity index (χ0n) is 28.5. The molecule has 1 saturated heterocycles. The number of hydrogen-bond donors (Lipinski definition) is 3. The number of aryl methyl sites for hydroxylation is 1. The lowest BCUT2D eigenvalue weighted by atomic mass is 9.77. The Morgan fingerprint density at radius 1 is 0.875 bits per heavy atom. The van der Waals surface area contributed by atoms with Crippen LogP contribution in [0.1, 0.15) is 78.8 Å². The minimum atomic E-state index is -0.362. The largest absolute Gasteiger partial charge is 0.324 e. The predicted molar refractivity (Wildman–Crippen MR) is 192 cm³/mol. The lowest BCUT2D eigenvalue weighted by molar-refractivity contribution is 0.0958. The van der Waals surface area contributed by atoms with Crippen molar-refractivity contribution < 1.29 is 9.59 Å². The first-order chi connectivity index (χ1) is 23.1. The van der Waals surface area contributed by atoms with E-state index in [9.17, 15) is 9.59 Å². The van der Waals surface area contributed by atoms with Gasteiger partial charge in [-0.25, -0.2) is 14.2 Å². The number of ketones is 1. The Bertz CT molecular complexity index is 1880. The van der Waals surface area contributed by atoms with Gasteiger partial charge in [-0.1, -0.05) is 68.8 Å². The van der Waals surface area contributed by atoms with Crippen molar-refractivity contribution in [3.05, 3.63) is 119 Å². The van der Waals surface area contributed by atoms with Crippen molar-refractivity contribution in [2.75, 3.05) is 23.7 Å². The molecule has 1 fully saturated rings. The third kappa shape index (κ3) is 7.42. The van der Waals surface area contributed by atoms with Crippen LogP contribution in [0, 0.1) is 19.8 Å². The molecule has 1 aliphatic rings. The van der Waals surface area contributed by atoms with Crippen molar-refractivity contribution in [3.8, 4) is 11.4 Å². The molecule has 6 rings (SSSR count). The van der Waals surface area contributed by atoms with Crippen molar-refractivity contribution in [2.45, 2.75) is 65.2 Å². The number of carbonyl (C=O) groups is 2. The number of rotatable bonds is 9. The van der Waals surface area contributed by atoms with Gasteiger partial charge in [-0.2, -0.15) is 10.2 Å². The van der Waals surface area contributed by atoms with Crippen molar-refractivity contribution in [1.82, 2.24) is 24.9 Å². The van der Waals surface area contributed by atoms with Gasteiger partial charge in [-0.15, -0.1) is 0 Å². The Balaban J connectivity index is 1.22. The number of hydrogen-bond acceptors (Lipinski definition) is 5. The fraction of sp³-hybridized carbons (Fsp3) is 0.333. The van der Waals surface area contributed by atoms with Crippen LogP contribution in [0.5, 0.6) is 0 Å². The van der Waals surface area contributed by atoms with E-state index >= 15 is 0 Å². The summed E-state index contributed by atoms with van der Waals surface area (Å²) in [4.78, 5) is 27.3. The molecule has 0 bridgehead atoms. The monoisotopic (exact) mass is 643 g/mol. The van der Waals surface area contributed by atoms with E-state index in [0.29, 0.717) is 29.4 Å². The van der Waals surface area contributed by atoms with E-state index in [1.54, 1.807) is 10.9 Å². The highest BCUT2D eigenvalue weighted by Gasteiger charge is 2.29. The maximum absolute atomic E-state index is 13.9. The summed E-state index contributed by atoms with van der Waals surface area (Å²) in [7, 11) is 0. The summed E-state index contributed by atoms with van der Waals surface area (Å²) in [5.41, 5.74) is 6.81. The standard InChI is InChI=1S/C39H45N7O2/c1-26-14-16-32(17-15-26)46-37(24-36(44-46)39(3,4)5)43-38(48)42-30-11-9-10-29(22-30)33(28-18-20-40-21-19-28)23-35(47)34-25-41-45(27(34)2)31-12-7-6-8-13-31/h6-17,22,24-25,28,33,40H,18-21,23H2,1-5H3,(H2,42,43,48). The molecule has 1 unspecified atom stereocenters. The molecule has 0 spiro atoms. The Morgan fingerprint density at radius 3 is 2.29 bits per heavy atom. The molecule has 3 aromatic carbocycles. The van der Waals surface area contributed by atoms with Crippen LogP contribution >= 0.6 is 0 Å². The molecule has 248 valence electrons. The molecule has 2 amide bonds. The SMILES string of the molecule is Cc1ccc(-n2nc(C(C)(C)C)cc2NC(=O)Nc2cccc(C(CC(=O)c3cnn(-c4ccccc4)c3C)C3CCNCC3)c2)cc1. The molecule has 48 heavy (non-hydrogen) atoms. The van der Waals surface area contributed by atoms with Gasteiger partial charge in [0.25, 0.3) is 0 Å². The van der Waals surface area contributed by atoms with Crippen LogP contribution in [0.4, 0.5) is 16.3 Å². The first kappa shape index (κ1) is 32.9. The van der Waals surface area contributed by atoms with Crippen LogP contribution in [0.3, 0.4) is 0 Å². The van der Waals surface area contributed by atoms with E-state index in [4.69, 9.17) is 5.10 Å². The summed E-state index contributed by atoms with van der Waals surface area (Å²) in [6.07, 6.45) is 4.03. The number of anilines is 2. The van der Waals surface area contributed by atoms with E-state index in [-0.39, 0.29) is 23.1 Å². The van der Waals surface area contributed by atoms with Gasteiger partial charge in [-0.05, 0) is 93.6 Å². The second-order valence-corrected chi connectivity index (χ2v) is 13.8. The third-order valence-corrected chi connectivity index (χ3v) is 9.24. The normalized spacial score (nSPS) is 14.4. The van der Waals surface area contributed by atoms with Gasteiger partial charge in [0.1, 0.15) is 5.82 Å². The van der Waals surface area contributed by atoms with Gasteiger partial charge < -0.3 is 10.6 Å². The maximum atomic E-state index is 13.9. The number of Topliss-reactive ketones (excluding diaryl/α,β-unsaturated/α-hetero) is 1. The molecule has 1 atom stereocenters. The number of nitrogens with zero attached hydrogens (tertiary/aromatic N) is 4. The zero-order chi connectivity index (χ0) is 33.8. The highest BCUT2D eigenvalue weighted by molar-refractivity contribution is 6.00. The van der Waals surface area contributed by atoms with Crippen LogP contribution in [0.25, 0.3) is 11.4 Å². The quantitative estimate of drug-likeness (QED) is 0.141. The summed E-state index contributed by atoms with van der Waals surface area (Å²) in [5, 5.41) is 18.9. The van der Waals surface area contributed by atoms with Gasteiger partial charge >= 0.3 is 6.03 Å². The molecular formula is C39H45N7O2. The highest BCUT2D eigenvalue weighted by Crippen LogP contribution is 2.36. The number of urea groups is 1. The van der Waals surface area contributed by atoms with Gasteiger partial charge in [-0.3, -0.25) is 10.1 Å². The van der Waals surface area contributed by atoms with E-state index in [2.05, 4.69) is 47.9 Å². The van der Waals surface area contributed by atoms with Gasteiger partial charge in [0, 0.05) is 23.6 Å². The summed E-state index contributed by atoms with van der Waals surface area (Å²) in [6.45, 7) is 12.1. The number of aromatic nitrogens is 4. The molecule has 0 aliphatic carbocycles. The predicted octanol–water partition coefficient (Wildman–Crippen LogP) is 7.97. The molecule has 5 aromatic rings. The lowest BCUT2D eigenvalue weighted by Gasteiger charge is -2.31. The van der Waals surface area contributed by atoms with Gasteiger partial charge in [0.05, 0.1) is 34.5 Å². The second kappa shape index (κ2) is 14.0. The average Bonchev–Trinajstić information content (AvgIpc) is 3.68. The van der Waals surface area contributed by atoms with Crippen LogP contribution in [-0.2, 0) is 5.41 Å². The Kier molecular flexibility index (Phi) is 9.59. The second-order valence-electron chi connectivity index (χ2n) is 13.8. The fourth-order valence-electron chi connectivity index (χ4n) is 6.47. The number of piperidine rings is 1. The number of benzene rings is 3. The van der Waals surface area contributed by atoms with Crippen LogP contribution in [-0.4, -0.2) is 44.5 Å². The minimum Gasteiger partial charge on any atom is -0.317 e. The number of amides is 2. The fourth-order valence-corrected chi connectivity index (χ4v) is 6.47. The lowest BCUT2D eigenvalue weighted by Crippen LogP contribution is -2.31. The molecule has 1 aliphatic heterocycles. The molecule has 3 N–H and O–H groups in total. The summed E-state index contributed by atoms with van der Waals surface area (Å²) in [6, 6.07) is 27.4. The molecule has 0 saturated carbocycles. The Labute approximate surface area is 282 Å². The third-order valence-electron chi connectivity index (χ3n) is 9.24. The zero-order valence-corrected chi connectivity index (χ0v) is 28.5. The topological polar surface area (TPSA) is 106 Å². The highest BCUT2D eigenvalue weighted by atomic mass is 16.2. The maximum Gasteiger partial charge on any atom is 0.324 e. The van der Waals surface area contributed by atoms with E-state index in [1.807, 2.05) is 97.4 Å². The molecule has 9 nitrogen and oxygen atoms in total. The van der Waals surface area contributed by atoms with Crippen molar-refractivity contribution >= 4 is 23.3 Å². The minimum absolute atomic E-state index is 0.00111. The van der Waals surface area contributed by atoms with Crippen LogP contribution in [0.15, 0.2) is 91.1 Å². The van der Waals surface area contributed by atoms with Crippen molar-refractivity contribution in [1.29, 1.82) is 0 Å². The molecule has 3 heterocycles. The van der Waals surface area contributed by atoms with Crippen molar-refractivity contribution in [3.63, 3.8) is 0 Å². The number of para-hydroxylation sites is 1. The number of nitrogens with one attached hydrogen (secondary N) is 3. The molecular weight excluding hydrogens is 598 g/mol. The summed E-state index contributed by atoms with van der Waals surface area (Å²) < 4.78 is 3.60. The van der Waals surface area contributed by atoms with E-state index in [0.717, 1.165) is 59.8 Å². The number of carbonyl (C=O) groups excluding carboxylic acids is 2. The Hall–Kier alpha value is -5.02. The molecule has 0 radical (unpaired) electrons. The summed E-state index contributed by atoms with van der Waals surface area (Å²) in [5.74, 6) is 1.000. The van der Waals surface area contributed by atoms with E-state index in [1.165, 1.54) is 0 Å². The molecule has 9 heteroatoms. The smallest absolute Gasteiger partial charge is 0.317 e. The Morgan fingerprint density at radius 2 is 1.58 bits per heavy atom. The summed E-state index contributed by atoms with van der Waals surface area (Å²) >= 11 is 0. The average molecular weight is 644 g/mol. The van der Waals surface area contributed by atoms with Gasteiger partial charge in [0.2, 0.25) is 0 Å². The van der Waals surface area contributed by atoms with Gasteiger partial charge in [0.15, 0.2) is 5.78 Å². The molecule has 2 aromatic heterocycles. The van der Waals surface area contributed by atoms with Crippen molar-refractivity contribution in [2.24, 2.45) is 5.92 Å². The first-order valence-corrected chi connectivity index (χ1v) is 16.8. The first-order valence-electron chi connectivity index (χ1n) is 16.8. The van der Waals surface area contributed by atoms with E-state index < -0.39 is 0 Å². The van der Waals surface area contributed by atoms with Crippen LogP contribution < -0.4 is 16.0 Å². The van der Waals surface area contributed by atoms with Crippen LogP contribution in [0.2, 0.25) is 0 Å².